The molecule has 5 heteroatoms. The van der Waals surface area contributed by atoms with E-state index in [-0.39, 0.29) is 0 Å². The van der Waals surface area contributed by atoms with Crippen molar-refractivity contribution < 1.29 is 0 Å². The number of benzene rings is 2. The highest BCUT2D eigenvalue weighted by atomic mass is 35.5. The van der Waals surface area contributed by atoms with Gasteiger partial charge in [-0.3, -0.25) is 0 Å². The zero-order valence-corrected chi connectivity index (χ0v) is 12.5. The number of fused-ring (bicyclic) bond motifs is 1. The Morgan fingerprint density at radius 1 is 0.789 bits per heavy atom. The largest absolute Gasteiger partial charge is 0.352 e. The molecule has 0 fully saturated rings. The third-order valence-electron chi connectivity index (χ3n) is 2.89. The number of aromatic amines is 1. The maximum atomic E-state index is 6.39. The molecule has 0 aliphatic carbocycles. The van der Waals surface area contributed by atoms with E-state index >= 15 is 0 Å². The monoisotopic (exact) mass is 329 g/mol. The first-order valence-corrected chi connectivity index (χ1v) is 6.99. The van der Waals surface area contributed by atoms with E-state index in [0.717, 1.165) is 22.2 Å². The summed E-state index contributed by atoms with van der Waals surface area (Å²) in [6.07, 6.45) is 0. The zero-order valence-electron chi connectivity index (χ0n) is 9.48. The van der Waals surface area contributed by atoms with E-state index in [0.29, 0.717) is 20.1 Å². The molecule has 2 aromatic carbocycles. The van der Waals surface area contributed by atoms with Gasteiger partial charge in [0.1, 0.15) is 0 Å². The van der Waals surface area contributed by atoms with Crippen LogP contribution in [0.15, 0.2) is 36.4 Å². The molecular formula is C14H7Cl4N. The fraction of sp³-hybridized carbons (Fsp3) is 0. The van der Waals surface area contributed by atoms with Crippen molar-refractivity contribution in [3.63, 3.8) is 0 Å². The number of hydrogen-bond donors (Lipinski definition) is 1. The fourth-order valence-corrected chi connectivity index (χ4v) is 2.98. The molecule has 0 unspecified atom stereocenters. The minimum Gasteiger partial charge on any atom is -0.352 e. The lowest BCUT2D eigenvalue weighted by Crippen LogP contribution is -1.77. The van der Waals surface area contributed by atoms with Gasteiger partial charge >= 0.3 is 0 Å². The number of aromatic nitrogens is 1. The average molecular weight is 331 g/mol. The zero-order chi connectivity index (χ0) is 13.6. The Kier molecular flexibility index (Phi) is 3.40. The Morgan fingerprint density at radius 2 is 1.47 bits per heavy atom. The average Bonchev–Trinajstić information content (AvgIpc) is 2.69. The summed E-state index contributed by atoms with van der Waals surface area (Å²) in [5, 5.41) is 3.19. The molecule has 0 saturated heterocycles. The molecule has 0 aliphatic rings. The van der Waals surface area contributed by atoms with Gasteiger partial charge < -0.3 is 4.98 Å². The summed E-state index contributed by atoms with van der Waals surface area (Å²) in [4.78, 5) is 3.23. The van der Waals surface area contributed by atoms with Gasteiger partial charge in [-0.25, -0.2) is 0 Å². The molecule has 0 amide bonds. The molecule has 19 heavy (non-hydrogen) atoms. The second-order valence-electron chi connectivity index (χ2n) is 4.13. The van der Waals surface area contributed by atoms with Crippen LogP contribution in [-0.4, -0.2) is 4.98 Å². The number of H-pyrrole nitrogens is 1. The van der Waals surface area contributed by atoms with Gasteiger partial charge in [0, 0.05) is 15.4 Å². The van der Waals surface area contributed by atoms with E-state index in [1.54, 1.807) is 12.1 Å². The molecular weight excluding hydrogens is 324 g/mol. The summed E-state index contributed by atoms with van der Waals surface area (Å²) >= 11 is 24.4. The lowest BCUT2D eigenvalue weighted by molar-refractivity contribution is 1.45. The van der Waals surface area contributed by atoms with Gasteiger partial charge in [0.05, 0.1) is 21.3 Å². The van der Waals surface area contributed by atoms with Crippen molar-refractivity contribution >= 4 is 57.3 Å². The second-order valence-corrected chi connectivity index (χ2v) is 5.79. The van der Waals surface area contributed by atoms with Crippen molar-refractivity contribution in [3.8, 4) is 11.3 Å². The SMILES string of the molecule is Clc1ccc(-c2[nH]c3c(Cl)cc(Cl)cc3c2Cl)cc1. The third-order valence-corrected chi connectivity index (χ3v) is 4.05. The highest BCUT2D eigenvalue weighted by Gasteiger charge is 2.14. The lowest BCUT2D eigenvalue weighted by Gasteiger charge is -1.99. The van der Waals surface area contributed by atoms with E-state index in [1.807, 2.05) is 24.3 Å². The van der Waals surface area contributed by atoms with Crippen LogP contribution >= 0.6 is 46.4 Å². The minimum atomic E-state index is 0.546. The highest BCUT2D eigenvalue weighted by molar-refractivity contribution is 6.43. The number of halogens is 4. The van der Waals surface area contributed by atoms with E-state index in [4.69, 9.17) is 46.4 Å². The van der Waals surface area contributed by atoms with Crippen LogP contribution in [0.3, 0.4) is 0 Å². The lowest BCUT2D eigenvalue weighted by atomic mass is 10.1. The van der Waals surface area contributed by atoms with Crippen molar-refractivity contribution in [2.45, 2.75) is 0 Å². The van der Waals surface area contributed by atoms with E-state index in [1.165, 1.54) is 0 Å². The van der Waals surface area contributed by atoms with Crippen molar-refractivity contribution in [1.82, 2.24) is 4.98 Å². The quantitative estimate of drug-likeness (QED) is 0.527. The Morgan fingerprint density at radius 3 is 2.16 bits per heavy atom. The molecule has 0 bridgehead atoms. The maximum absolute atomic E-state index is 6.39. The van der Waals surface area contributed by atoms with E-state index in [9.17, 15) is 0 Å². The van der Waals surface area contributed by atoms with Gasteiger partial charge in [-0.2, -0.15) is 0 Å². The Hall–Kier alpha value is -0.860. The topological polar surface area (TPSA) is 15.8 Å². The summed E-state index contributed by atoms with van der Waals surface area (Å²) in [5.41, 5.74) is 2.52. The molecule has 0 radical (unpaired) electrons. The first kappa shape index (κ1) is 13.1. The molecule has 1 aromatic heterocycles. The van der Waals surface area contributed by atoms with Crippen molar-refractivity contribution in [3.05, 3.63) is 56.5 Å². The molecule has 3 rings (SSSR count). The first-order valence-electron chi connectivity index (χ1n) is 5.48. The molecule has 1 nitrogen and oxygen atoms in total. The Labute approximate surface area is 130 Å². The summed E-state index contributed by atoms with van der Waals surface area (Å²) in [5.74, 6) is 0. The molecule has 1 N–H and O–H groups in total. The second kappa shape index (κ2) is 4.92. The van der Waals surface area contributed by atoms with Crippen LogP contribution in [0.4, 0.5) is 0 Å². The van der Waals surface area contributed by atoms with Gasteiger partial charge in [-0.15, -0.1) is 0 Å². The minimum absolute atomic E-state index is 0.546. The normalized spacial score (nSPS) is 11.2. The van der Waals surface area contributed by atoms with Crippen molar-refractivity contribution in [1.29, 1.82) is 0 Å². The standard InChI is InChI=1S/C14H7Cl4N/c15-8-3-1-7(2-4-8)13-12(18)10-5-9(16)6-11(17)14(10)19-13/h1-6,19H. The summed E-state index contributed by atoms with van der Waals surface area (Å²) < 4.78 is 0. The fourth-order valence-electron chi connectivity index (χ4n) is 2.00. The summed E-state index contributed by atoms with van der Waals surface area (Å²) in [6, 6.07) is 10.9. The van der Waals surface area contributed by atoms with Gasteiger partial charge in [-0.1, -0.05) is 58.5 Å². The van der Waals surface area contributed by atoms with Crippen LogP contribution in [0.25, 0.3) is 22.2 Å². The number of nitrogens with one attached hydrogen (secondary N) is 1. The predicted octanol–water partition coefficient (Wildman–Crippen LogP) is 6.45. The summed E-state index contributed by atoms with van der Waals surface area (Å²) in [6.45, 7) is 0. The van der Waals surface area contributed by atoms with Gasteiger partial charge in [0.2, 0.25) is 0 Å². The first-order chi connectivity index (χ1) is 9.06. The number of rotatable bonds is 1. The molecule has 0 saturated carbocycles. The van der Waals surface area contributed by atoms with E-state index in [2.05, 4.69) is 4.98 Å². The Bertz CT molecular complexity index is 759. The molecule has 96 valence electrons. The summed E-state index contributed by atoms with van der Waals surface area (Å²) in [7, 11) is 0. The smallest absolute Gasteiger partial charge is 0.0741 e. The number of hydrogen-bond acceptors (Lipinski definition) is 0. The molecule has 0 atom stereocenters. The van der Waals surface area contributed by atoms with Crippen LogP contribution in [0.1, 0.15) is 0 Å². The molecule has 0 aliphatic heterocycles. The predicted molar refractivity (Wildman–Crippen MR) is 83.8 cm³/mol. The highest BCUT2D eigenvalue weighted by Crippen LogP contribution is 2.38. The third kappa shape index (κ3) is 2.32. The van der Waals surface area contributed by atoms with Crippen LogP contribution in [0.5, 0.6) is 0 Å². The van der Waals surface area contributed by atoms with Crippen LogP contribution in [0, 0.1) is 0 Å². The van der Waals surface area contributed by atoms with Crippen LogP contribution in [-0.2, 0) is 0 Å². The Balaban J connectivity index is 2.28. The van der Waals surface area contributed by atoms with Gasteiger partial charge in [0.25, 0.3) is 0 Å². The molecule has 3 aromatic rings. The van der Waals surface area contributed by atoms with Gasteiger partial charge in [0.15, 0.2) is 0 Å². The maximum Gasteiger partial charge on any atom is 0.0741 e. The van der Waals surface area contributed by atoms with Gasteiger partial charge in [-0.05, 0) is 29.8 Å². The molecule has 0 spiro atoms. The van der Waals surface area contributed by atoms with E-state index < -0.39 is 0 Å². The van der Waals surface area contributed by atoms with Crippen LogP contribution < -0.4 is 0 Å². The molecule has 1 heterocycles. The van der Waals surface area contributed by atoms with Crippen molar-refractivity contribution in [2.75, 3.05) is 0 Å². The van der Waals surface area contributed by atoms with Crippen LogP contribution in [0.2, 0.25) is 20.1 Å². The van der Waals surface area contributed by atoms with Crippen molar-refractivity contribution in [2.24, 2.45) is 0 Å².